The summed E-state index contributed by atoms with van der Waals surface area (Å²) in [4.78, 5) is 35.1. The molecule has 0 bridgehead atoms. The highest BCUT2D eigenvalue weighted by Gasteiger charge is 2.42. The normalized spacial score (nSPS) is 14.1. The van der Waals surface area contributed by atoms with E-state index in [4.69, 9.17) is 9.84 Å². The lowest BCUT2D eigenvalue weighted by atomic mass is 10.2. The minimum Gasteiger partial charge on any atom is -0.481 e. The number of aromatic nitrogens is 5. The quantitative estimate of drug-likeness (QED) is 0.559. The van der Waals surface area contributed by atoms with Gasteiger partial charge in [0.25, 0.3) is 5.91 Å². The van der Waals surface area contributed by atoms with Gasteiger partial charge in [0.05, 0.1) is 11.8 Å². The third-order valence-corrected chi connectivity index (χ3v) is 5.78. The number of hydrogen-bond acceptors (Lipinski definition) is 8. The second-order valence-corrected chi connectivity index (χ2v) is 8.07. The van der Waals surface area contributed by atoms with Crippen molar-refractivity contribution in [2.24, 2.45) is 0 Å². The molecule has 1 N–H and O–H groups in total. The summed E-state index contributed by atoms with van der Waals surface area (Å²) < 4.78 is 45.5. The highest BCUT2D eigenvalue weighted by atomic mass is 32.1. The zero-order valence-corrected chi connectivity index (χ0v) is 17.5. The molecular formula is C18H17F3N6O4S. The van der Waals surface area contributed by atoms with E-state index >= 15 is 0 Å². The summed E-state index contributed by atoms with van der Waals surface area (Å²) >= 11 is 1.38. The number of halogens is 3. The van der Waals surface area contributed by atoms with E-state index in [1.165, 1.54) is 16.2 Å². The van der Waals surface area contributed by atoms with Crippen molar-refractivity contribution in [3.05, 3.63) is 22.6 Å². The van der Waals surface area contributed by atoms with E-state index < -0.39 is 29.7 Å². The summed E-state index contributed by atoms with van der Waals surface area (Å²) in [5.41, 5.74) is 0. The molecular weight excluding hydrogens is 453 g/mol. The molecule has 1 aliphatic heterocycles. The van der Waals surface area contributed by atoms with Crippen LogP contribution in [0.15, 0.2) is 6.07 Å². The number of carboxylic acid groups (broad SMARTS) is 1. The first kappa shape index (κ1) is 21.9. The number of rotatable bonds is 7. The molecule has 4 heterocycles. The highest BCUT2D eigenvalue weighted by Crippen LogP contribution is 2.35. The number of nitrogens with zero attached hydrogens (tertiary/aromatic N) is 6. The maximum atomic E-state index is 13.1. The smallest absolute Gasteiger partial charge is 0.451 e. The van der Waals surface area contributed by atoms with E-state index in [1.807, 2.05) is 13.0 Å². The largest absolute Gasteiger partial charge is 0.481 e. The van der Waals surface area contributed by atoms with Gasteiger partial charge in [-0.1, -0.05) is 13.3 Å². The molecule has 0 radical (unpaired) electrons. The van der Waals surface area contributed by atoms with Crippen molar-refractivity contribution in [2.75, 3.05) is 18.1 Å². The summed E-state index contributed by atoms with van der Waals surface area (Å²) in [6.45, 7) is 1.57. The van der Waals surface area contributed by atoms with Crippen LogP contribution in [0.5, 0.6) is 6.01 Å². The van der Waals surface area contributed by atoms with Gasteiger partial charge in [0.2, 0.25) is 11.6 Å². The molecule has 170 valence electrons. The van der Waals surface area contributed by atoms with Crippen molar-refractivity contribution in [1.82, 2.24) is 24.7 Å². The number of ether oxygens (including phenoxy) is 1. The molecule has 0 aliphatic carbocycles. The summed E-state index contributed by atoms with van der Waals surface area (Å²) in [6, 6.07) is 1.72. The molecule has 0 aromatic carbocycles. The Morgan fingerprint density at radius 3 is 2.75 bits per heavy atom. The molecule has 4 rings (SSSR count). The fourth-order valence-electron chi connectivity index (χ4n) is 3.31. The van der Waals surface area contributed by atoms with E-state index in [1.54, 1.807) is 0 Å². The molecule has 32 heavy (non-hydrogen) atoms. The Balaban J connectivity index is 1.74. The Bertz CT molecular complexity index is 1190. The molecule has 1 aliphatic rings. The van der Waals surface area contributed by atoms with Gasteiger partial charge < -0.3 is 9.84 Å². The lowest BCUT2D eigenvalue weighted by Crippen LogP contribution is -2.42. The number of hydrogen-bond donors (Lipinski definition) is 1. The SMILES string of the molecule is CCCc1cc2c(N3CCn4c(nnc4C(F)(F)F)C3=O)nc(OCCC(=O)O)nc2s1. The Morgan fingerprint density at radius 2 is 2.06 bits per heavy atom. The zero-order chi connectivity index (χ0) is 23.0. The number of aryl methyl sites for hydroxylation is 1. The molecule has 1 amide bonds. The van der Waals surface area contributed by atoms with Crippen LogP contribution in [0.2, 0.25) is 0 Å². The number of aliphatic carboxylic acids is 1. The van der Waals surface area contributed by atoms with Crippen molar-refractivity contribution < 1.29 is 32.6 Å². The fourth-order valence-corrected chi connectivity index (χ4v) is 4.43. The lowest BCUT2D eigenvalue weighted by Gasteiger charge is -2.27. The van der Waals surface area contributed by atoms with Gasteiger partial charge in [-0.3, -0.25) is 19.1 Å². The monoisotopic (exact) mass is 470 g/mol. The standard InChI is InChI=1S/C18H17F3N6O4S/c1-2-3-9-8-10-12(22-17(23-14(10)32-9)31-7-4-11(28)29)26-5-6-27-13(15(26)30)24-25-16(27)18(19,20)21/h8H,2-7H2,1H3,(H,28,29). The van der Waals surface area contributed by atoms with Crippen LogP contribution in [0, 0.1) is 0 Å². The third kappa shape index (κ3) is 4.09. The summed E-state index contributed by atoms with van der Waals surface area (Å²) in [5, 5.41) is 16.0. The van der Waals surface area contributed by atoms with Gasteiger partial charge in [0.1, 0.15) is 11.4 Å². The molecule has 0 spiro atoms. The molecule has 0 saturated carbocycles. The average molecular weight is 470 g/mol. The maximum absolute atomic E-state index is 13.1. The minimum absolute atomic E-state index is 0.0907. The summed E-state index contributed by atoms with van der Waals surface area (Å²) in [7, 11) is 0. The Hall–Kier alpha value is -3.29. The van der Waals surface area contributed by atoms with Crippen molar-refractivity contribution in [3.63, 3.8) is 0 Å². The van der Waals surface area contributed by atoms with Crippen LogP contribution in [-0.2, 0) is 23.9 Å². The third-order valence-electron chi connectivity index (χ3n) is 4.69. The van der Waals surface area contributed by atoms with E-state index in [0.29, 0.717) is 10.2 Å². The highest BCUT2D eigenvalue weighted by molar-refractivity contribution is 7.18. The Morgan fingerprint density at radius 1 is 1.28 bits per heavy atom. The fraction of sp³-hybridized carbons (Fsp3) is 0.444. The van der Waals surface area contributed by atoms with E-state index in [-0.39, 0.29) is 37.9 Å². The van der Waals surface area contributed by atoms with Crippen LogP contribution in [0.25, 0.3) is 10.2 Å². The van der Waals surface area contributed by atoms with Crippen LogP contribution in [-0.4, -0.2) is 54.9 Å². The second kappa shape index (κ2) is 8.33. The molecule has 3 aromatic rings. The van der Waals surface area contributed by atoms with Gasteiger partial charge in [-0.15, -0.1) is 21.5 Å². The van der Waals surface area contributed by atoms with Gasteiger partial charge in [0.15, 0.2) is 5.82 Å². The van der Waals surface area contributed by atoms with Crippen LogP contribution in [0.3, 0.4) is 0 Å². The number of carboxylic acids is 1. The molecule has 0 saturated heterocycles. The lowest BCUT2D eigenvalue weighted by molar-refractivity contribution is -0.147. The molecule has 0 unspecified atom stereocenters. The number of anilines is 1. The Kier molecular flexibility index (Phi) is 5.71. The number of fused-ring (bicyclic) bond motifs is 2. The van der Waals surface area contributed by atoms with E-state index in [9.17, 15) is 22.8 Å². The topological polar surface area (TPSA) is 123 Å². The van der Waals surface area contributed by atoms with E-state index in [0.717, 1.165) is 22.3 Å². The van der Waals surface area contributed by atoms with Gasteiger partial charge in [-0.05, 0) is 12.5 Å². The second-order valence-electron chi connectivity index (χ2n) is 6.96. The van der Waals surface area contributed by atoms with Gasteiger partial charge in [-0.25, -0.2) is 0 Å². The zero-order valence-electron chi connectivity index (χ0n) is 16.7. The molecule has 0 atom stereocenters. The average Bonchev–Trinajstić information content (AvgIpc) is 3.32. The first-order valence-electron chi connectivity index (χ1n) is 9.66. The predicted octanol–water partition coefficient (Wildman–Crippen LogP) is 2.77. The van der Waals surface area contributed by atoms with Crippen LogP contribution in [0.1, 0.15) is 41.1 Å². The van der Waals surface area contributed by atoms with Crippen molar-refractivity contribution >= 4 is 39.2 Å². The predicted molar refractivity (Wildman–Crippen MR) is 106 cm³/mol. The van der Waals surface area contributed by atoms with Crippen LogP contribution >= 0.6 is 11.3 Å². The number of alkyl halides is 3. The molecule has 14 heteroatoms. The molecule has 10 nitrogen and oxygen atoms in total. The van der Waals surface area contributed by atoms with Crippen LogP contribution < -0.4 is 9.64 Å². The number of amides is 1. The summed E-state index contributed by atoms with van der Waals surface area (Å²) in [5.74, 6) is -3.33. The number of carbonyl (C=O) groups excluding carboxylic acids is 1. The minimum atomic E-state index is -4.73. The van der Waals surface area contributed by atoms with Gasteiger partial charge >= 0.3 is 18.2 Å². The van der Waals surface area contributed by atoms with E-state index in [2.05, 4.69) is 20.2 Å². The number of thiophene rings is 1. The van der Waals surface area contributed by atoms with Crippen molar-refractivity contribution in [1.29, 1.82) is 0 Å². The molecule has 0 fully saturated rings. The van der Waals surface area contributed by atoms with Crippen LogP contribution in [0.4, 0.5) is 19.0 Å². The first-order valence-corrected chi connectivity index (χ1v) is 10.5. The molecule has 3 aromatic heterocycles. The van der Waals surface area contributed by atoms with Crippen molar-refractivity contribution in [2.45, 2.75) is 38.9 Å². The number of carbonyl (C=O) groups is 2. The Labute approximate surface area is 182 Å². The maximum Gasteiger partial charge on any atom is 0.451 e. The van der Waals surface area contributed by atoms with Crippen molar-refractivity contribution in [3.8, 4) is 6.01 Å². The van der Waals surface area contributed by atoms with Gasteiger partial charge in [0, 0.05) is 18.0 Å². The first-order chi connectivity index (χ1) is 15.2. The van der Waals surface area contributed by atoms with Gasteiger partial charge in [-0.2, -0.15) is 23.1 Å². The summed E-state index contributed by atoms with van der Waals surface area (Å²) in [6.07, 6.45) is -3.35.